The molecule has 30 heavy (non-hydrogen) atoms. The van der Waals surface area contributed by atoms with E-state index in [0.29, 0.717) is 17.1 Å². The quantitative estimate of drug-likeness (QED) is 0.492. The summed E-state index contributed by atoms with van der Waals surface area (Å²) in [5.41, 5.74) is 2.13. The van der Waals surface area contributed by atoms with Gasteiger partial charge in [0.25, 0.3) is 5.91 Å². The maximum Gasteiger partial charge on any atom is 0.291 e. The molecule has 2 aromatic carbocycles. The molecule has 152 valence electrons. The Hall–Kier alpha value is -3.87. The first-order valence-corrected chi connectivity index (χ1v) is 9.72. The van der Waals surface area contributed by atoms with Crippen LogP contribution in [0.3, 0.4) is 0 Å². The van der Waals surface area contributed by atoms with Crippen LogP contribution < -0.4 is 10.6 Å². The minimum absolute atomic E-state index is 0.128. The molecule has 0 saturated carbocycles. The summed E-state index contributed by atoms with van der Waals surface area (Å²) in [5.74, 6) is 0.473. The average Bonchev–Trinajstić information content (AvgIpc) is 3.36. The number of hydrogen-bond donors (Lipinski definition) is 2. The molecule has 0 spiro atoms. The van der Waals surface area contributed by atoms with Gasteiger partial charge in [0.15, 0.2) is 5.76 Å². The van der Waals surface area contributed by atoms with Gasteiger partial charge in [-0.15, -0.1) is 0 Å². The SMILES string of the molecule is CC(C)n1nccc1NC(=O)Cc1ccc(NC(=O)c2cc3ccccc3o2)cc1. The lowest BCUT2D eigenvalue weighted by Crippen LogP contribution is -2.18. The lowest BCUT2D eigenvalue weighted by Gasteiger charge is -2.12. The van der Waals surface area contributed by atoms with Crippen molar-refractivity contribution in [3.8, 4) is 0 Å². The number of amides is 2. The molecule has 7 nitrogen and oxygen atoms in total. The van der Waals surface area contributed by atoms with Crippen LogP contribution in [-0.2, 0) is 11.2 Å². The molecular weight excluding hydrogens is 380 g/mol. The number of nitrogens with one attached hydrogen (secondary N) is 2. The number of anilines is 2. The van der Waals surface area contributed by atoms with E-state index in [9.17, 15) is 9.59 Å². The second-order valence-corrected chi connectivity index (χ2v) is 7.28. The van der Waals surface area contributed by atoms with Gasteiger partial charge in [-0.25, -0.2) is 4.68 Å². The second-order valence-electron chi connectivity index (χ2n) is 7.28. The van der Waals surface area contributed by atoms with Crippen molar-refractivity contribution >= 4 is 34.3 Å². The van der Waals surface area contributed by atoms with E-state index >= 15 is 0 Å². The summed E-state index contributed by atoms with van der Waals surface area (Å²) in [4.78, 5) is 24.8. The summed E-state index contributed by atoms with van der Waals surface area (Å²) in [5, 5.41) is 10.8. The van der Waals surface area contributed by atoms with Crippen molar-refractivity contribution in [1.29, 1.82) is 0 Å². The highest BCUT2D eigenvalue weighted by Crippen LogP contribution is 2.20. The molecule has 4 aromatic rings. The van der Waals surface area contributed by atoms with Gasteiger partial charge in [-0.3, -0.25) is 9.59 Å². The third kappa shape index (κ3) is 4.25. The molecule has 2 amide bonds. The number of para-hydroxylation sites is 1. The normalized spacial score (nSPS) is 11.0. The van der Waals surface area contributed by atoms with Crippen molar-refractivity contribution in [2.45, 2.75) is 26.3 Å². The Bertz CT molecular complexity index is 1160. The Balaban J connectivity index is 1.37. The molecule has 0 saturated heterocycles. The fourth-order valence-corrected chi connectivity index (χ4v) is 3.19. The number of fused-ring (bicyclic) bond motifs is 1. The first kappa shape index (κ1) is 19.4. The van der Waals surface area contributed by atoms with Crippen LogP contribution in [0.15, 0.2) is 71.3 Å². The summed E-state index contributed by atoms with van der Waals surface area (Å²) in [7, 11) is 0. The van der Waals surface area contributed by atoms with Gasteiger partial charge in [-0.05, 0) is 43.7 Å². The van der Waals surface area contributed by atoms with Crippen molar-refractivity contribution in [1.82, 2.24) is 9.78 Å². The number of aromatic nitrogens is 2. The monoisotopic (exact) mass is 402 g/mol. The number of benzene rings is 2. The second kappa shape index (κ2) is 8.24. The third-order valence-electron chi connectivity index (χ3n) is 4.65. The molecule has 0 atom stereocenters. The standard InChI is InChI=1S/C23H22N4O3/c1-15(2)27-21(11-12-24-27)26-22(28)13-16-7-9-18(10-8-16)25-23(29)20-14-17-5-3-4-6-19(17)30-20/h3-12,14-15H,13H2,1-2H3,(H,25,29)(H,26,28). The van der Waals surface area contributed by atoms with Crippen LogP contribution >= 0.6 is 0 Å². The van der Waals surface area contributed by atoms with Gasteiger partial charge in [0.2, 0.25) is 5.91 Å². The lowest BCUT2D eigenvalue weighted by atomic mass is 10.1. The van der Waals surface area contributed by atoms with Gasteiger partial charge < -0.3 is 15.1 Å². The van der Waals surface area contributed by atoms with Crippen molar-refractivity contribution in [2.75, 3.05) is 10.6 Å². The third-order valence-corrected chi connectivity index (χ3v) is 4.65. The molecule has 2 heterocycles. The predicted molar refractivity (Wildman–Crippen MR) is 116 cm³/mol. The van der Waals surface area contributed by atoms with Crippen molar-refractivity contribution in [2.24, 2.45) is 0 Å². The van der Waals surface area contributed by atoms with E-state index in [0.717, 1.165) is 10.9 Å². The van der Waals surface area contributed by atoms with Gasteiger partial charge in [-0.1, -0.05) is 30.3 Å². The van der Waals surface area contributed by atoms with Crippen LogP contribution in [-0.4, -0.2) is 21.6 Å². The van der Waals surface area contributed by atoms with Crippen LogP contribution in [0.25, 0.3) is 11.0 Å². The van der Waals surface area contributed by atoms with Crippen LogP contribution in [0.4, 0.5) is 11.5 Å². The maximum atomic E-state index is 12.4. The molecule has 7 heteroatoms. The Morgan fingerprint density at radius 2 is 1.80 bits per heavy atom. The number of furan rings is 1. The highest BCUT2D eigenvalue weighted by molar-refractivity contribution is 6.04. The summed E-state index contributed by atoms with van der Waals surface area (Å²) < 4.78 is 7.34. The van der Waals surface area contributed by atoms with Gasteiger partial charge in [0, 0.05) is 23.2 Å². The number of hydrogen-bond acceptors (Lipinski definition) is 4. The Morgan fingerprint density at radius 3 is 2.53 bits per heavy atom. The molecule has 4 rings (SSSR count). The van der Waals surface area contributed by atoms with Crippen LogP contribution in [0.1, 0.15) is 36.0 Å². The summed E-state index contributed by atoms with van der Waals surface area (Å²) in [6, 6.07) is 18.3. The number of nitrogens with zero attached hydrogens (tertiary/aromatic N) is 2. The Kier molecular flexibility index (Phi) is 5.34. The average molecular weight is 402 g/mol. The maximum absolute atomic E-state index is 12.4. The van der Waals surface area contributed by atoms with Gasteiger partial charge in [0.05, 0.1) is 12.6 Å². The molecule has 0 unspecified atom stereocenters. The highest BCUT2D eigenvalue weighted by Gasteiger charge is 2.13. The molecule has 0 fully saturated rings. The van der Waals surface area contributed by atoms with E-state index in [2.05, 4.69) is 15.7 Å². The molecule has 0 radical (unpaired) electrons. The largest absolute Gasteiger partial charge is 0.451 e. The summed E-state index contributed by atoms with van der Waals surface area (Å²) >= 11 is 0. The molecule has 2 N–H and O–H groups in total. The van der Waals surface area contributed by atoms with Gasteiger partial charge >= 0.3 is 0 Å². The van der Waals surface area contributed by atoms with Crippen molar-refractivity contribution in [3.05, 3.63) is 78.2 Å². The van der Waals surface area contributed by atoms with Crippen molar-refractivity contribution < 1.29 is 14.0 Å². The zero-order chi connectivity index (χ0) is 21.1. The molecular formula is C23H22N4O3. The Labute approximate surface area is 173 Å². The van der Waals surface area contributed by atoms with E-state index in [1.807, 2.05) is 50.2 Å². The van der Waals surface area contributed by atoms with E-state index < -0.39 is 0 Å². The fraction of sp³-hybridized carbons (Fsp3) is 0.174. The molecule has 0 aliphatic carbocycles. The minimum atomic E-state index is -0.321. The number of rotatable bonds is 6. The zero-order valence-corrected chi connectivity index (χ0v) is 16.8. The lowest BCUT2D eigenvalue weighted by molar-refractivity contribution is -0.115. The molecule has 2 aromatic heterocycles. The highest BCUT2D eigenvalue weighted by atomic mass is 16.3. The Morgan fingerprint density at radius 1 is 1.03 bits per heavy atom. The predicted octanol–water partition coefficient (Wildman–Crippen LogP) is 4.64. The number of carbonyl (C=O) groups excluding carboxylic acids is 2. The van der Waals surface area contributed by atoms with E-state index in [1.165, 1.54) is 0 Å². The van der Waals surface area contributed by atoms with E-state index in [-0.39, 0.29) is 30.0 Å². The molecule has 0 aliphatic rings. The number of carbonyl (C=O) groups is 2. The zero-order valence-electron chi connectivity index (χ0n) is 16.8. The van der Waals surface area contributed by atoms with Crippen LogP contribution in [0, 0.1) is 0 Å². The first-order chi connectivity index (χ1) is 14.5. The van der Waals surface area contributed by atoms with Crippen LogP contribution in [0.2, 0.25) is 0 Å². The fourth-order valence-electron chi connectivity index (χ4n) is 3.19. The first-order valence-electron chi connectivity index (χ1n) is 9.72. The van der Waals surface area contributed by atoms with Gasteiger partial charge in [-0.2, -0.15) is 5.10 Å². The van der Waals surface area contributed by atoms with E-state index in [4.69, 9.17) is 4.42 Å². The molecule has 0 bridgehead atoms. The summed E-state index contributed by atoms with van der Waals surface area (Å²) in [6.45, 7) is 4.00. The van der Waals surface area contributed by atoms with Gasteiger partial charge in [0.1, 0.15) is 11.4 Å². The summed E-state index contributed by atoms with van der Waals surface area (Å²) in [6.07, 6.45) is 1.89. The minimum Gasteiger partial charge on any atom is -0.451 e. The van der Waals surface area contributed by atoms with Crippen molar-refractivity contribution in [3.63, 3.8) is 0 Å². The topological polar surface area (TPSA) is 89.2 Å². The van der Waals surface area contributed by atoms with E-state index in [1.54, 1.807) is 35.1 Å². The molecule has 0 aliphatic heterocycles. The van der Waals surface area contributed by atoms with Crippen LogP contribution in [0.5, 0.6) is 0 Å². The smallest absolute Gasteiger partial charge is 0.291 e.